The van der Waals surface area contributed by atoms with E-state index in [-0.39, 0.29) is 24.8 Å². The highest BCUT2D eigenvalue weighted by molar-refractivity contribution is 7.61. The van der Waals surface area contributed by atoms with E-state index in [1.54, 1.807) is 0 Å². The van der Waals surface area contributed by atoms with Gasteiger partial charge in [-0.1, -0.05) is 152 Å². The van der Waals surface area contributed by atoms with E-state index in [9.17, 15) is 48.6 Å². The first-order valence-corrected chi connectivity index (χ1v) is 27.7. The Morgan fingerprint density at radius 1 is 0.754 bits per heavy atom. The van der Waals surface area contributed by atoms with Gasteiger partial charge >= 0.3 is 33.3 Å². The van der Waals surface area contributed by atoms with Crippen molar-refractivity contribution in [1.82, 2.24) is 9.55 Å². The first kappa shape index (κ1) is 61.8. The molecule has 394 valence electrons. The molecule has 7 N–H and O–H groups in total. The zero-order chi connectivity index (χ0) is 50.8. The maximum Gasteiger partial charge on any atom is 0.481 e. The minimum absolute atomic E-state index is 0.0319. The second-order valence-corrected chi connectivity index (χ2v) is 20.2. The third-order valence-electron chi connectivity index (χ3n) is 11.0. The van der Waals surface area contributed by atoms with Crippen LogP contribution in [0, 0.1) is 0 Å². The number of anilines is 1. The van der Waals surface area contributed by atoms with Gasteiger partial charge in [0.1, 0.15) is 30.7 Å². The summed E-state index contributed by atoms with van der Waals surface area (Å²) in [7, 11) is -10.9. The van der Waals surface area contributed by atoms with Crippen molar-refractivity contribution in [3.05, 3.63) is 71.4 Å². The third-order valence-corrected chi connectivity index (χ3v) is 13.6. The lowest BCUT2D eigenvalue weighted by atomic mass is 10.0. The number of unbranched alkanes of at least 4 members (excludes halogenated alkanes) is 14. The molecule has 1 aliphatic rings. The lowest BCUT2D eigenvalue weighted by Gasteiger charge is -2.21. The number of esters is 2. The average Bonchev–Trinajstić information content (AvgIpc) is 3.58. The number of hydrogen-bond donors (Lipinski definition) is 6. The van der Waals surface area contributed by atoms with E-state index >= 15 is 0 Å². The summed E-state index contributed by atoms with van der Waals surface area (Å²) in [5, 5.41) is 30.7. The molecule has 2 heterocycles. The number of ether oxygens (including phenoxy) is 3. The average molecular weight is 1020 g/mol. The number of nitrogens with two attached hydrogens (primary N) is 1. The summed E-state index contributed by atoms with van der Waals surface area (Å²) in [6.07, 6.45) is 29.7. The summed E-state index contributed by atoms with van der Waals surface area (Å²) >= 11 is 0. The molecule has 0 saturated carbocycles. The molecule has 0 spiro atoms. The van der Waals surface area contributed by atoms with Gasteiger partial charge in [-0.05, 0) is 51.0 Å². The summed E-state index contributed by atoms with van der Waals surface area (Å²) in [6.45, 7) is 1.93. The number of phosphoric ester groups is 2. The largest absolute Gasteiger partial charge is 0.481 e. The van der Waals surface area contributed by atoms with Crippen LogP contribution in [0.4, 0.5) is 5.82 Å². The predicted octanol–water partition coefficient (Wildman–Crippen LogP) is 8.75. The fourth-order valence-corrected chi connectivity index (χ4v) is 9.20. The fourth-order valence-electron chi connectivity index (χ4n) is 7.09. The van der Waals surface area contributed by atoms with Crippen LogP contribution >= 0.6 is 15.6 Å². The third kappa shape index (κ3) is 29.6. The van der Waals surface area contributed by atoms with Gasteiger partial charge in [-0.2, -0.15) is 9.29 Å². The number of hydrogen-bond acceptors (Lipinski definition) is 16. The normalized spacial score (nSPS) is 20.2. The fraction of sp³-hybridized carbons (Fsp3) is 0.708. The van der Waals surface area contributed by atoms with Crippen LogP contribution in [0.15, 0.2) is 65.7 Å². The first-order valence-electron chi connectivity index (χ1n) is 24.7. The van der Waals surface area contributed by atoms with Crippen molar-refractivity contribution < 1.29 is 71.4 Å². The second-order valence-electron chi connectivity index (χ2n) is 17.1. The minimum atomic E-state index is -5.44. The molecule has 2 rings (SSSR count). The lowest BCUT2D eigenvalue weighted by molar-refractivity contribution is -0.161. The SMILES string of the molecule is CCCCCCCCCCCCCCCC(=O)O[C@H](COC(=O)CCC/C=C\C/C=C\C/C=C\C/C=C\[C@@H](O)CCCC)COP(=O)(O)OP(=O)(O)OC[C@H]1O[C@@H](n2ccc(N)nc2=O)[C@H](O)[C@@H]1O. The van der Waals surface area contributed by atoms with Crippen LogP contribution in [0.25, 0.3) is 0 Å². The molecule has 8 atom stereocenters. The van der Waals surface area contributed by atoms with E-state index in [1.165, 1.54) is 57.4 Å². The highest BCUT2D eigenvalue weighted by Crippen LogP contribution is 2.60. The topological polar surface area (TPSA) is 286 Å². The van der Waals surface area contributed by atoms with Gasteiger partial charge in [-0.25, -0.2) is 13.9 Å². The zero-order valence-corrected chi connectivity index (χ0v) is 42.5. The molecule has 0 bridgehead atoms. The Hall–Kier alpha value is -3.32. The van der Waals surface area contributed by atoms with Gasteiger partial charge in [0.2, 0.25) is 0 Å². The number of phosphoric acid groups is 2. The highest BCUT2D eigenvalue weighted by Gasteiger charge is 2.46. The van der Waals surface area contributed by atoms with Crippen molar-refractivity contribution in [1.29, 1.82) is 0 Å². The van der Waals surface area contributed by atoms with Gasteiger partial charge in [-0.15, -0.1) is 0 Å². The lowest BCUT2D eigenvalue weighted by Crippen LogP contribution is -2.36. The van der Waals surface area contributed by atoms with Crippen LogP contribution in [-0.2, 0) is 46.3 Å². The van der Waals surface area contributed by atoms with Gasteiger partial charge in [0.15, 0.2) is 12.3 Å². The van der Waals surface area contributed by atoms with Gasteiger partial charge in [-0.3, -0.25) is 23.2 Å². The van der Waals surface area contributed by atoms with E-state index in [2.05, 4.69) is 41.4 Å². The van der Waals surface area contributed by atoms with Crippen molar-refractivity contribution in [3.8, 4) is 0 Å². The van der Waals surface area contributed by atoms with Gasteiger partial charge in [0.05, 0.1) is 19.3 Å². The Balaban J connectivity index is 1.84. The maximum absolute atomic E-state index is 12.8. The summed E-state index contributed by atoms with van der Waals surface area (Å²) < 4.78 is 56.6. The number of nitrogen functional groups attached to an aromatic ring is 1. The van der Waals surface area contributed by atoms with Gasteiger partial charge in [0.25, 0.3) is 0 Å². The summed E-state index contributed by atoms with van der Waals surface area (Å²) in [5.41, 5.74) is 4.58. The Bertz CT molecular complexity index is 1860. The highest BCUT2D eigenvalue weighted by atomic mass is 31.3. The van der Waals surface area contributed by atoms with Crippen LogP contribution in [-0.4, -0.2) is 96.9 Å². The Labute approximate surface area is 408 Å². The number of rotatable bonds is 40. The predicted molar refractivity (Wildman–Crippen MR) is 262 cm³/mol. The number of nitrogens with zero attached hydrogens (tertiary/aromatic N) is 2. The van der Waals surface area contributed by atoms with Crippen molar-refractivity contribution in [3.63, 3.8) is 0 Å². The van der Waals surface area contributed by atoms with Crippen LogP contribution in [0.3, 0.4) is 0 Å². The molecular weight excluding hydrogens is 936 g/mol. The zero-order valence-electron chi connectivity index (χ0n) is 40.7. The number of carbonyl (C=O) groups is 2. The number of carbonyl (C=O) groups excluding carboxylic acids is 2. The minimum Gasteiger partial charge on any atom is -0.462 e. The quantitative estimate of drug-likeness (QED) is 0.0155. The van der Waals surface area contributed by atoms with Gasteiger partial charge < -0.3 is 45.1 Å². The molecule has 69 heavy (non-hydrogen) atoms. The maximum atomic E-state index is 12.8. The number of aliphatic hydroxyl groups is 3. The Kier molecular flexibility index (Phi) is 32.8. The molecule has 0 aromatic carbocycles. The number of allylic oxidation sites excluding steroid dienone is 7. The van der Waals surface area contributed by atoms with Crippen LogP contribution in [0.1, 0.15) is 168 Å². The molecule has 1 aliphatic heterocycles. The van der Waals surface area contributed by atoms with Crippen molar-refractivity contribution >= 4 is 33.4 Å². The van der Waals surface area contributed by atoms with E-state index in [4.69, 9.17) is 29.0 Å². The molecule has 19 nitrogen and oxygen atoms in total. The van der Waals surface area contributed by atoms with E-state index < -0.39 is 83.7 Å². The Morgan fingerprint density at radius 3 is 1.91 bits per heavy atom. The van der Waals surface area contributed by atoms with Crippen molar-refractivity contribution in [2.75, 3.05) is 25.6 Å². The van der Waals surface area contributed by atoms with Crippen LogP contribution in [0.5, 0.6) is 0 Å². The van der Waals surface area contributed by atoms with Crippen molar-refractivity contribution in [2.24, 2.45) is 0 Å². The second kappa shape index (κ2) is 36.6. The molecule has 1 aromatic rings. The van der Waals surface area contributed by atoms with Crippen LogP contribution in [0.2, 0.25) is 0 Å². The first-order chi connectivity index (χ1) is 33.1. The number of aliphatic hydroxyl groups excluding tert-OH is 3. The standard InChI is InChI=1S/C48H81N3O16P2/c1-3-5-7-8-9-10-11-12-17-20-23-26-29-33-44(54)65-40(36-62-43(53)32-28-25-22-19-16-14-13-15-18-21-24-27-31-39(52)30-6-4-2)37-63-68(58,59)67-69(60,61)64-38-41-45(55)46(56)47(66-41)51-35-34-42(49)50-48(51)57/h13-14,18-19,21-22,27,31,34-35,39-41,45-47,52,55-56H,3-12,15-17,20,23-26,28-30,32-33,36-38H2,1-2H3,(H,58,59)(H,60,61)(H2,49,50,57)/b14-13-,21-18-,22-19-,31-27-/t39-,40+,41+,45+,46+,47+/m0/s1. The van der Waals surface area contributed by atoms with E-state index in [1.807, 2.05) is 30.4 Å². The summed E-state index contributed by atoms with van der Waals surface area (Å²) in [4.78, 5) is 61.8. The molecule has 1 saturated heterocycles. The number of aromatic nitrogens is 2. The molecule has 0 aliphatic carbocycles. The van der Waals surface area contributed by atoms with E-state index in [0.717, 1.165) is 75.0 Å². The monoisotopic (exact) mass is 1020 g/mol. The molecule has 21 heteroatoms. The van der Waals surface area contributed by atoms with E-state index in [0.29, 0.717) is 19.3 Å². The molecule has 1 aromatic heterocycles. The van der Waals surface area contributed by atoms with Crippen molar-refractivity contribution in [2.45, 2.75) is 198 Å². The molecule has 0 radical (unpaired) electrons. The molecule has 0 amide bonds. The Morgan fingerprint density at radius 2 is 1.30 bits per heavy atom. The molecular formula is C48H81N3O16P2. The molecule has 1 fully saturated rings. The van der Waals surface area contributed by atoms with Gasteiger partial charge in [0, 0.05) is 19.0 Å². The molecule has 2 unspecified atom stereocenters. The summed E-state index contributed by atoms with van der Waals surface area (Å²) in [5.74, 6) is -1.39. The summed E-state index contributed by atoms with van der Waals surface area (Å²) in [6, 6.07) is 1.24. The smallest absolute Gasteiger partial charge is 0.462 e. The van der Waals surface area contributed by atoms with Crippen LogP contribution < -0.4 is 11.4 Å².